The van der Waals surface area contributed by atoms with Crippen LogP contribution >= 0.6 is 23.2 Å². The van der Waals surface area contributed by atoms with Crippen LogP contribution in [-0.4, -0.2) is 15.9 Å². The van der Waals surface area contributed by atoms with Gasteiger partial charge in [-0.05, 0) is 58.7 Å². The van der Waals surface area contributed by atoms with Crippen molar-refractivity contribution in [3.05, 3.63) is 117 Å². The Bertz CT molecular complexity index is 1760. The van der Waals surface area contributed by atoms with E-state index in [0.29, 0.717) is 32.7 Å². The molecule has 40 heavy (non-hydrogen) atoms. The van der Waals surface area contributed by atoms with Gasteiger partial charge in [0.05, 0.1) is 12.0 Å². The van der Waals surface area contributed by atoms with Crippen LogP contribution in [0.3, 0.4) is 0 Å². The summed E-state index contributed by atoms with van der Waals surface area (Å²) in [5.41, 5.74) is 15.4. The average molecular weight is 568 g/mol. The number of carbonyl (C=O) groups excluding carboxylic acids is 1. The first-order valence-electron chi connectivity index (χ1n) is 12.2. The SMILES string of the molecule is Cc1cc(C(C#N)c2ccc(Cl)cc2)c(Cl)cc1Nc1ncnc(NNC(=O)c2cccc3ccccc23)c1N. The molecule has 8 nitrogen and oxygen atoms in total. The summed E-state index contributed by atoms with van der Waals surface area (Å²) in [6.45, 7) is 1.89. The van der Waals surface area contributed by atoms with E-state index in [-0.39, 0.29) is 17.4 Å². The first-order chi connectivity index (χ1) is 19.4. The van der Waals surface area contributed by atoms with Crippen molar-refractivity contribution in [2.45, 2.75) is 12.8 Å². The van der Waals surface area contributed by atoms with Gasteiger partial charge in [-0.2, -0.15) is 5.26 Å². The zero-order valence-corrected chi connectivity index (χ0v) is 22.8. The predicted octanol–water partition coefficient (Wildman–Crippen LogP) is 6.98. The minimum Gasteiger partial charge on any atom is -0.393 e. The lowest BCUT2D eigenvalue weighted by atomic mass is 9.91. The fourth-order valence-electron chi connectivity index (χ4n) is 4.37. The van der Waals surface area contributed by atoms with Crippen LogP contribution in [0.25, 0.3) is 10.8 Å². The minimum absolute atomic E-state index is 0.191. The minimum atomic E-state index is -0.567. The number of hydrogen-bond donors (Lipinski definition) is 4. The molecule has 0 radical (unpaired) electrons. The van der Waals surface area contributed by atoms with Crippen LogP contribution in [-0.2, 0) is 0 Å². The summed E-state index contributed by atoms with van der Waals surface area (Å²) in [6, 6.07) is 26.1. The normalized spacial score (nSPS) is 11.4. The van der Waals surface area contributed by atoms with E-state index < -0.39 is 5.92 Å². The molecule has 1 atom stereocenters. The van der Waals surface area contributed by atoms with Crippen LogP contribution in [0.5, 0.6) is 0 Å². The van der Waals surface area contributed by atoms with Crippen molar-refractivity contribution < 1.29 is 4.79 Å². The Balaban J connectivity index is 1.35. The van der Waals surface area contributed by atoms with E-state index in [9.17, 15) is 10.1 Å². The second-order valence-corrected chi connectivity index (χ2v) is 9.86. The number of aryl methyl sites for hydroxylation is 1. The molecule has 1 aromatic heterocycles. The number of hydrogen-bond acceptors (Lipinski definition) is 7. The highest BCUT2D eigenvalue weighted by Gasteiger charge is 2.19. The Hall–Kier alpha value is -4.84. The van der Waals surface area contributed by atoms with Crippen molar-refractivity contribution >= 4 is 62.9 Å². The number of anilines is 4. The maximum atomic E-state index is 12.9. The summed E-state index contributed by atoms with van der Waals surface area (Å²) < 4.78 is 0. The van der Waals surface area contributed by atoms with Gasteiger partial charge in [0.1, 0.15) is 12.0 Å². The number of nitrogens with two attached hydrogens (primary N) is 1. The number of hydrazine groups is 1. The van der Waals surface area contributed by atoms with E-state index in [4.69, 9.17) is 28.9 Å². The molecule has 1 heterocycles. The number of nitrogens with one attached hydrogen (secondary N) is 3. The number of nitriles is 1. The van der Waals surface area contributed by atoms with Gasteiger partial charge in [-0.3, -0.25) is 15.6 Å². The molecule has 5 rings (SSSR count). The molecule has 4 aromatic carbocycles. The van der Waals surface area contributed by atoms with Crippen LogP contribution in [0.2, 0.25) is 10.0 Å². The zero-order chi connectivity index (χ0) is 28.2. The number of amides is 1. The molecular weight excluding hydrogens is 545 g/mol. The smallest absolute Gasteiger partial charge is 0.270 e. The first-order valence-corrected chi connectivity index (χ1v) is 13.0. The highest BCUT2D eigenvalue weighted by atomic mass is 35.5. The molecule has 0 aliphatic rings. The third-order valence-corrected chi connectivity index (χ3v) is 7.03. The lowest BCUT2D eigenvalue weighted by Crippen LogP contribution is -2.30. The zero-order valence-electron chi connectivity index (χ0n) is 21.2. The number of benzene rings is 4. The summed E-state index contributed by atoms with van der Waals surface area (Å²) in [7, 11) is 0. The molecule has 5 N–H and O–H groups in total. The fourth-order valence-corrected chi connectivity index (χ4v) is 4.77. The van der Waals surface area contributed by atoms with Gasteiger partial charge in [-0.25, -0.2) is 9.97 Å². The number of nitrogen functional groups attached to an aromatic ring is 1. The predicted molar refractivity (Wildman–Crippen MR) is 160 cm³/mol. The summed E-state index contributed by atoms with van der Waals surface area (Å²) in [5.74, 6) is -0.366. The van der Waals surface area contributed by atoms with Gasteiger partial charge in [0.15, 0.2) is 11.6 Å². The van der Waals surface area contributed by atoms with Crippen molar-refractivity contribution in [3.63, 3.8) is 0 Å². The standard InChI is InChI=1S/C30H23Cl2N7O/c1-17-13-23(24(15-33)19-9-11-20(31)12-10-19)25(32)14-26(17)37-28-27(34)29(36-16-35-28)38-39-30(40)22-8-4-6-18-5-2-3-7-21(18)22/h2-14,16,24H,34H2,1H3,(H,39,40)(H2,35,36,37,38). The van der Waals surface area contributed by atoms with E-state index in [0.717, 1.165) is 21.9 Å². The fraction of sp³-hybridized carbons (Fsp3) is 0.0667. The summed E-state index contributed by atoms with van der Waals surface area (Å²) in [4.78, 5) is 21.3. The highest BCUT2D eigenvalue weighted by molar-refractivity contribution is 6.32. The van der Waals surface area contributed by atoms with Gasteiger partial charge in [-0.1, -0.05) is 77.8 Å². The third kappa shape index (κ3) is 5.47. The quantitative estimate of drug-likeness (QED) is 0.156. The maximum Gasteiger partial charge on any atom is 0.270 e. The van der Waals surface area contributed by atoms with Gasteiger partial charge in [0.2, 0.25) is 0 Å². The molecule has 1 amide bonds. The molecule has 198 valence electrons. The number of carbonyl (C=O) groups is 1. The van der Waals surface area contributed by atoms with Crippen LogP contribution in [0.1, 0.15) is 33.0 Å². The average Bonchev–Trinajstić information content (AvgIpc) is 2.96. The van der Waals surface area contributed by atoms with Crippen LogP contribution in [0.4, 0.5) is 23.0 Å². The Morgan fingerprint density at radius 1 is 0.975 bits per heavy atom. The second-order valence-electron chi connectivity index (χ2n) is 9.02. The Morgan fingerprint density at radius 2 is 1.70 bits per heavy atom. The summed E-state index contributed by atoms with van der Waals surface area (Å²) in [5, 5.41) is 15.8. The Kier molecular flexibility index (Phi) is 7.69. The van der Waals surface area contributed by atoms with Crippen molar-refractivity contribution in [3.8, 4) is 6.07 Å². The number of nitrogens with zero attached hydrogens (tertiary/aromatic N) is 3. The molecule has 0 aliphatic heterocycles. The van der Waals surface area contributed by atoms with E-state index in [1.165, 1.54) is 6.33 Å². The molecule has 0 bridgehead atoms. The molecule has 10 heteroatoms. The molecule has 0 spiro atoms. The van der Waals surface area contributed by atoms with E-state index in [2.05, 4.69) is 32.2 Å². The van der Waals surface area contributed by atoms with Gasteiger partial charge >= 0.3 is 0 Å². The summed E-state index contributed by atoms with van der Waals surface area (Å²) in [6.07, 6.45) is 1.32. The molecule has 0 fully saturated rings. The number of fused-ring (bicyclic) bond motifs is 1. The lowest BCUT2D eigenvalue weighted by Gasteiger charge is -2.18. The Morgan fingerprint density at radius 3 is 2.48 bits per heavy atom. The molecule has 0 aliphatic carbocycles. The lowest BCUT2D eigenvalue weighted by molar-refractivity contribution is 0.0964. The third-order valence-electron chi connectivity index (χ3n) is 6.45. The van der Waals surface area contributed by atoms with E-state index in [1.807, 2.05) is 61.5 Å². The van der Waals surface area contributed by atoms with E-state index >= 15 is 0 Å². The van der Waals surface area contributed by atoms with Crippen molar-refractivity contribution in [1.29, 1.82) is 5.26 Å². The van der Waals surface area contributed by atoms with Gasteiger partial charge in [0.25, 0.3) is 5.91 Å². The molecule has 5 aromatic rings. The van der Waals surface area contributed by atoms with Gasteiger partial charge < -0.3 is 11.1 Å². The second kappa shape index (κ2) is 11.5. The van der Waals surface area contributed by atoms with Crippen LogP contribution in [0.15, 0.2) is 85.2 Å². The highest BCUT2D eigenvalue weighted by Crippen LogP contribution is 2.36. The molecule has 0 saturated carbocycles. The number of rotatable bonds is 7. The van der Waals surface area contributed by atoms with E-state index in [1.54, 1.807) is 24.3 Å². The van der Waals surface area contributed by atoms with Crippen molar-refractivity contribution in [1.82, 2.24) is 15.4 Å². The van der Waals surface area contributed by atoms with Crippen molar-refractivity contribution in [2.24, 2.45) is 0 Å². The molecular formula is C30H23Cl2N7O. The topological polar surface area (TPSA) is 129 Å². The number of halogens is 2. The van der Waals surface area contributed by atoms with Crippen molar-refractivity contribution in [2.75, 3.05) is 16.5 Å². The van der Waals surface area contributed by atoms with Gasteiger partial charge in [-0.15, -0.1) is 0 Å². The first kappa shape index (κ1) is 26.8. The number of aromatic nitrogens is 2. The monoisotopic (exact) mass is 567 g/mol. The Labute approximate surface area is 240 Å². The molecule has 1 unspecified atom stereocenters. The van der Waals surface area contributed by atoms with Crippen LogP contribution < -0.4 is 21.9 Å². The maximum absolute atomic E-state index is 12.9. The van der Waals surface area contributed by atoms with Crippen LogP contribution in [0, 0.1) is 18.3 Å². The molecule has 0 saturated heterocycles. The van der Waals surface area contributed by atoms with Gasteiger partial charge in [0, 0.05) is 21.3 Å². The summed E-state index contributed by atoms with van der Waals surface area (Å²) >= 11 is 12.6. The largest absolute Gasteiger partial charge is 0.393 e.